The first-order chi connectivity index (χ1) is 15.5. The molecule has 2 aromatic carbocycles. The molecule has 168 valence electrons. The van der Waals surface area contributed by atoms with E-state index in [1.165, 1.54) is 6.42 Å². The minimum atomic E-state index is -0.271. The Morgan fingerprint density at radius 2 is 1.59 bits per heavy atom. The Morgan fingerprint density at radius 1 is 0.875 bits per heavy atom. The van der Waals surface area contributed by atoms with E-state index in [0.29, 0.717) is 22.5 Å². The van der Waals surface area contributed by atoms with Crippen molar-refractivity contribution in [1.29, 1.82) is 0 Å². The third-order valence-electron chi connectivity index (χ3n) is 6.57. The normalized spacial score (nSPS) is 16.6. The number of anilines is 2. The summed E-state index contributed by atoms with van der Waals surface area (Å²) in [5, 5.41) is 5.90. The van der Waals surface area contributed by atoms with Crippen LogP contribution in [0.15, 0.2) is 42.5 Å². The van der Waals surface area contributed by atoms with E-state index in [1.54, 1.807) is 30.3 Å². The summed E-state index contributed by atoms with van der Waals surface area (Å²) in [5.41, 5.74) is 3.10. The third-order valence-corrected chi connectivity index (χ3v) is 6.57. The molecule has 4 rings (SSSR count). The van der Waals surface area contributed by atoms with Crippen LogP contribution < -0.4 is 10.6 Å². The van der Waals surface area contributed by atoms with Gasteiger partial charge in [-0.05, 0) is 68.5 Å². The molecule has 3 amide bonds. The second kappa shape index (κ2) is 9.98. The fraction of sp³-hybridized carbons (Fsp3) is 0.423. The molecule has 1 saturated carbocycles. The van der Waals surface area contributed by atoms with Crippen molar-refractivity contribution in [3.05, 3.63) is 59.2 Å². The molecule has 32 heavy (non-hydrogen) atoms. The Morgan fingerprint density at radius 3 is 2.34 bits per heavy atom. The Labute approximate surface area is 189 Å². The molecular weight excluding hydrogens is 402 g/mol. The number of hydrogen-bond acceptors (Lipinski definition) is 3. The highest BCUT2D eigenvalue weighted by atomic mass is 16.2. The van der Waals surface area contributed by atoms with Crippen LogP contribution in [0.4, 0.5) is 11.4 Å². The standard InChI is InChI=1S/C26H31N3O3/c1-18-22(26(32)29-15-5-6-16-29)13-8-14-23(18)28-25(31)20-11-7-12-21(17-20)27-24(30)19-9-3-2-4-10-19/h7-8,11-14,17,19H,2-6,9-10,15-16H2,1H3,(H,27,30)(H,28,31). The highest BCUT2D eigenvalue weighted by molar-refractivity contribution is 6.07. The lowest BCUT2D eigenvalue weighted by Gasteiger charge is -2.21. The van der Waals surface area contributed by atoms with Crippen molar-refractivity contribution in [3.8, 4) is 0 Å². The lowest BCUT2D eigenvalue weighted by atomic mass is 9.88. The lowest BCUT2D eigenvalue weighted by Crippen LogP contribution is -2.28. The van der Waals surface area contributed by atoms with Gasteiger partial charge in [0.15, 0.2) is 0 Å². The van der Waals surface area contributed by atoms with Gasteiger partial charge >= 0.3 is 0 Å². The van der Waals surface area contributed by atoms with E-state index in [4.69, 9.17) is 0 Å². The van der Waals surface area contributed by atoms with Crippen LogP contribution in [0.5, 0.6) is 0 Å². The maximum absolute atomic E-state index is 12.9. The van der Waals surface area contributed by atoms with E-state index in [-0.39, 0.29) is 23.6 Å². The molecule has 0 radical (unpaired) electrons. The first-order valence-corrected chi connectivity index (χ1v) is 11.6. The molecule has 0 aromatic heterocycles. The summed E-state index contributed by atoms with van der Waals surface area (Å²) in [6.45, 7) is 3.43. The highest BCUT2D eigenvalue weighted by Gasteiger charge is 2.23. The van der Waals surface area contributed by atoms with Crippen LogP contribution in [-0.2, 0) is 4.79 Å². The SMILES string of the molecule is Cc1c(NC(=O)c2cccc(NC(=O)C3CCCCC3)c2)cccc1C(=O)N1CCCC1. The number of hydrogen-bond donors (Lipinski definition) is 2. The smallest absolute Gasteiger partial charge is 0.255 e. The fourth-order valence-corrected chi connectivity index (χ4v) is 4.64. The zero-order chi connectivity index (χ0) is 22.5. The van der Waals surface area contributed by atoms with Crippen molar-refractivity contribution >= 4 is 29.1 Å². The largest absolute Gasteiger partial charge is 0.339 e. The second-order valence-corrected chi connectivity index (χ2v) is 8.84. The van der Waals surface area contributed by atoms with Gasteiger partial charge in [0, 0.05) is 41.5 Å². The minimum absolute atomic E-state index is 0.0171. The number of nitrogens with zero attached hydrogens (tertiary/aromatic N) is 1. The molecule has 1 saturated heterocycles. The summed E-state index contributed by atoms with van der Waals surface area (Å²) in [6, 6.07) is 12.4. The maximum Gasteiger partial charge on any atom is 0.255 e. The van der Waals surface area contributed by atoms with Crippen molar-refractivity contribution in [1.82, 2.24) is 4.90 Å². The molecule has 6 nitrogen and oxygen atoms in total. The molecular formula is C26H31N3O3. The van der Waals surface area contributed by atoms with Crippen LogP contribution in [0.1, 0.15) is 71.2 Å². The predicted molar refractivity (Wildman–Crippen MR) is 126 cm³/mol. The van der Waals surface area contributed by atoms with Crippen molar-refractivity contribution in [2.75, 3.05) is 23.7 Å². The van der Waals surface area contributed by atoms with Crippen molar-refractivity contribution in [2.45, 2.75) is 51.9 Å². The average Bonchev–Trinajstić information content (AvgIpc) is 3.36. The second-order valence-electron chi connectivity index (χ2n) is 8.84. The molecule has 0 bridgehead atoms. The highest BCUT2D eigenvalue weighted by Crippen LogP contribution is 2.26. The Kier molecular flexibility index (Phi) is 6.88. The number of likely N-dealkylation sites (tertiary alicyclic amines) is 1. The van der Waals surface area contributed by atoms with Crippen molar-refractivity contribution in [2.24, 2.45) is 5.92 Å². The lowest BCUT2D eigenvalue weighted by molar-refractivity contribution is -0.120. The molecule has 1 aliphatic heterocycles. The quantitative estimate of drug-likeness (QED) is 0.696. The fourth-order valence-electron chi connectivity index (χ4n) is 4.64. The van der Waals surface area contributed by atoms with Crippen LogP contribution in [0.2, 0.25) is 0 Å². The molecule has 2 N–H and O–H groups in total. The number of carbonyl (C=O) groups is 3. The number of nitrogens with one attached hydrogen (secondary N) is 2. The number of rotatable bonds is 5. The monoisotopic (exact) mass is 433 g/mol. The third kappa shape index (κ3) is 5.01. The van der Waals surface area contributed by atoms with Gasteiger partial charge in [-0.1, -0.05) is 31.4 Å². The van der Waals surface area contributed by atoms with E-state index in [9.17, 15) is 14.4 Å². The van der Waals surface area contributed by atoms with Crippen LogP contribution in [0, 0.1) is 12.8 Å². The zero-order valence-corrected chi connectivity index (χ0v) is 18.7. The number of amides is 3. The Bertz CT molecular complexity index is 1010. The molecule has 1 aliphatic carbocycles. The summed E-state index contributed by atoms with van der Waals surface area (Å²) in [4.78, 5) is 40.2. The van der Waals surface area contributed by atoms with E-state index in [0.717, 1.165) is 57.2 Å². The number of benzene rings is 2. The van der Waals surface area contributed by atoms with E-state index < -0.39 is 0 Å². The van der Waals surface area contributed by atoms with E-state index in [2.05, 4.69) is 10.6 Å². The first-order valence-electron chi connectivity index (χ1n) is 11.6. The van der Waals surface area contributed by atoms with Gasteiger partial charge in [-0.15, -0.1) is 0 Å². The molecule has 2 fully saturated rings. The van der Waals surface area contributed by atoms with E-state index >= 15 is 0 Å². The summed E-state index contributed by atoms with van der Waals surface area (Å²) in [6.07, 6.45) is 7.32. The van der Waals surface area contributed by atoms with Crippen LogP contribution in [0.25, 0.3) is 0 Å². The van der Waals surface area contributed by atoms with Gasteiger partial charge in [-0.2, -0.15) is 0 Å². The Balaban J connectivity index is 1.45. The zero-order valence-electron chi connectivity index (χ0n) is 18.7. The van der Waals surface area contributed by atoms with Gasteiger partial charge in [0.05, 0.1) is 0 Å². The average molecular weight is 434 g/mol. The molecule has 0 spiro atoms. The van der Waals surface area contributed by atoms with Gasteiger partial charge in [0.25, 0.3) is 11.8 Å². The summed E-state index contributed by atoms with van der Waals surface area (Å²) in [5.74, 6) is -0.165. The molecule has 6 heteroatoms. The van der Waals surface area contributed by atoms with Gasteiger partial charge < -0.3 is 15.5 Å². The predicted octanol–water partition coefficient (Wildman–Crippen LogP) is 5.00. The molecule has 0 atom stereocenters. The first kappa shape index (κ1) is 22.1. The summed E-state index contributed by atoms with van der Waals surface area (Å²) < 4.78 is 0. The molecule has 1 heterocycles. The van der Waals surface area contributed by atoms with Crippen molar-refractivity contribution in [3.63, 3.8) is 0 Å². The molecule has 2 aromatic rings. The topological polar surface area (TPSA) is 78.5 Å². The van der Waals surface area contributed by atoms with Gasteiger partial charge in [0.2, 0.25) is 5.91 Å². The molecule has 2 aliphatic rings. The summed E-state index contributed by atoms with van der Waals surface area (Å²) in [7, 11) is 0. The minimum Gasteiger partial charge on any atom is -0.339 e. The van der Waals surface area contributed by atoms with E-state index in [1.807, 2.05) is 24.0 Å². The number of carbonyl (C=O) groups excluding carboxylic acids is 3. The van der Waals surface area contributed by atoms with Gasteiger partial charge in [-0.25, -0.2) is 0 Å². The Hall–Kier alpha value is -3.15. The molecule has 0 unspecified atom stereocenters. The van der Waals surface area contributed by atoms with Crippen LogP contribution >= 0.6 is 0 Å². The van der Waals surface area contributed by atoms with Crippen LogP contribution in [-0.4, -0.2) is 35.7 Å². The van der Waals surface area contributed by atoms with Crippen LogP contribution in [0.3, 0.4) is 0 Å². The maximum atomic E-state index is 12.9. The van der Waals surface area contributed by atoms with Gasteiger partial charge in [0.1, 0.15) is 0 Å². The van der Waals surface area contributed by atoms with Gasteiger partial charge in [-0.3, -0.25) is 14.4 Å². The summed E-state index contributed by atoms with van der Waals surface area (Å²) >= 11 is 0. The van der Waals surface area contributed by atoms with Crippen molar-refractivity contribution < 1.29 is 14.4 Å².